The van der Waals surface area contributed by atoms with Crippen LogP contribution < -0.4 is 4.90 Å². The molecule has 0 atom stereocenters. The maximum Gasteiger partial charge on any atom is 0.359 e. The average Bonchev–Trinajstić information content (AvgIpc) is 2.67. The van der Waals surface area contributed by atoms with Crippen LogP contribution >= 0.6 is 7.60 Å². The zero-order valence-electron chi connectivity index (χ0n) is 15.0. The van der Waals surface area contributed by atoms with Gasteiger partial charge in [-0.05, 0) is 38.1 Å². The number of hydrogen-bond donors (Lipinski definition) is 0. The largest absolute Gasteiger partial charge is 0.359 e. The highest BCUT2D eigenvalue weighted by molar-refractivity contribution is 7.58. The van der Waals surface area contributed by atoms with E-state index in [0.717, 1.165) is 11.4 Å². The van der Waals surface area contributed by atoms with E-state index in [1.165, 1.54) is 6.08 Å². The van der Waals surface area contributed by atoms with Gasteiger partial charge < -0.3 is 13.9 Å². The predicted octanol–water partition coefficient (Wildman–Crippen LogP) is 5.50. The fraction of sp³-hybridized carbons (Fsp3) is 0.250. The van der Waals surface area contributed by atoms with Crippen molar-refractivity contribution in [3.63, 3.8) is 0 Å². The van der Waals surface area contributed by atoms with Gasteiger partial charge in [0.2, 0.25) is 0 Å². The van der Waals surface area contributed by atoms with Gasteiger partial charge in [-0.1, -0.05) is 36.4 Å². The third-order valence-electron chi connectivity index (χ3n) is 3.64. The summed E-state index contributed by atoms with van der Waals surface area (Å²) in [6, 6.07) is 21.4. The number of para-hydroxylation sites is 2. The van der Waals surface area contributed by atoms with Crippen LogP contribution in [-0.2, 0) is 13.6 Å². The van der Waals surface area contributed by atoms with Crippen LogP contribution in [0.1, 0.15) is 13.8 Å². The van der Waals surface area contributed by atoms with Crippen molar-refractivity contribution >= 4 is 19.0 Å². The van der Waals surface area contributed by atoms with Crippen LogP contribution in [0.4, 0.5) is 11.4 Å². The molecule has 0 aromatic heterocycles. The number of rotatable bonds is 9. The maximum absolute atomic E-state index is 13.2. The standard InChI is InChI=1S/C20H23N2O3P/c1-3-24-26(23,25-4-2)20(15-16-21)17-22(18-11-7-5-8-12-18)19-13-9-6-10-14-19/h5-15H,3-4,17H2,1-2H3/b20-15+. The molecule has 0 saturated heterocycles. The van der Waals surface area contributed by atoms with E-state index in [4.69, 9.17) is 9.05 Å². The van der Waals surface area contributed by atoms with Gasteiger partial charge in [-0.2, -0.15) is 5.26 Å². The van der Waals surface area contributed by atoms with Crippen LogP contribution in [0.2, 0.25) is 0 Å². The van der Waals surface area contributed by atoms with Crippen LogP contribution in [0.25, 0.3) is 0 Å². The van der Waals surface area contributed by atoms with E-state index in [0.29, 0.717) is 5.31 Å². The third kappa shape index (κ3) is 5.06. The second kappa shape index (κ2) is 9.94. The fourth-order valence-electron chi connectivity index (χ4n) is 2.54. The SMILES string of the molecule is CCOP(=O)(OCC)/C(=C/C#N)CN(c1ccccc1)c1ccccc1. The van der Waals surface area contributed by atoms with E-state index in [-0.39, 0.29) is 19.8 Å². The predicted molar refractivity (Wildman–Crippen MR) is 104 cm³/mol. The second-order valence-electron chi connectivity index (χ2n) is 5.36. The summed E-state index contributed by atoms with van der Waals surface area (Å²) in [6.45, 7) is 4.19. The molecule has 0 unspecified atom stereocenters. The Kier molecular flexibility index (Phi) is 7.62. The Hall–Kier alpha value is -2.38. The summed E-state index contributed by atoms with van der Waals surface area (Å²) in [7, 11) is -3.54. The first-order chi connectivity index (χ1) is 12.6. The molecule has 6 heteroatoms. The van der Waals surface area contributed by atoms with E-state index in [1.807, 2.05) is 71.6 Å². The van der Waals surface area contributed by atoms with Crippen molar-refractivity contribution < 1.29 is 13.6 Å². The molecule has 0 heterocycles. The molecule has 0 aliphatic carbocycles. The van der Waals surface area contributed by atoms with E-state index in [9.17, 15) is 9.83 Å². The Morgan fingerprint density at radius 3 is 1.85 bits per heavy atom. The molecule has 0 N–H and O–H groups in total. The quantitative estimate of drug-likeness (QED) is 0.431. The van der Waals surface area contributed by atoms with Crippen molar-refractivity contribution in [3.05, 3.63) is 72.1 Å². The van der Waals surface area contributed by atoms with Gasteiger partial charge in [0.25, 0.3) is 0 Å². The number of hydrogen-bond acceptors (Lipinski definition) is 5. The number of anilines is 2. The first-order valence-corrected chi connectivity index (χ1v) is 10.0. The lowest BCUT2D eigenvalue weighted by molar-refractivity contribution is 0.226. The number of nitrogens with zero attached hydrogens (tertiary/aromatic N) is 2. The highest BCUT2D eigenvalue weighted by atomic mass is 31.2. The second-order valence-corrected chi connectivity index (χ2v) is 7.44. The van der Waals surface area contributed by atoms with E-state index < -0.39 is 7.60 Å². The van der Waals surface area contributed by atoms with Gasteiger partial charge in [0.05, 0.1) is 31.1 Å². The van der Waals surface area contributed by atoms with Crippen molar-refractivity contribution in [2.45, 2.75) is 13.8 Å². The van der Waals surface area contributed by atoms with Crippen molar-refractivity contribution in [1.82, 2.24) is 0 Å². The number of nitriles is 1. The minimum absolute atomic E-state index is 0.221. The van der Waals surface area contributed by atoms with Gasteiger partial charge in [-0.3, -0.25) is 4.57 Å². The van der Waals surface area contributed by atoms with Crippen LogP contribution in [-0.4, -0.2) is 19.8 Å². The fourth-order valence-corrected chi connectivity index (χ4v) is 4.15. The number of allylic oxidation sites excluding steroid dienone is 1. The van der Waals surface area contributed by atoms with Gasteiger partial charge in [-0.25, -0.2) is 0 Å². The van der Waals surface area contributed by atoms with Gasteiger partial charge >= 0.3 is 7.60 Å². The summed E-state index contributed by atoms with van der Waals surface area (Å²) in [4.78, 5) is 1.98. The molecule has 0 aliphatic heterocycles. The minimum Gasteiger partial charge on any atom is -0.337 e. The molecule has 2 rings (SSSR count). The highest BCUT2D eigenvalue weighted by Crippen LogP contribution is 2.56. The van der Waals surface area contributed by atoms with E-state index in [1.54, 1.807) is 13.8 Å². The van der Waals surface area contributed by atoms with E-state index in [2.05, 4.69) is 0 Å². The third-order valence-corrected chi connectivity index (χ3v) is 5.81. The molecule has 0 radical (unpaired) electrons. The van der Waals surface area contributed by atoms with Gasteiger partial charge in [0.15, 0.2) is 0 Å². The molecule has 5 nitrogen and oxygen atoms in total. The zero-order valence-corrected chi connectivity index (χ0v) is 15.9. The number of benzene rings is 2. The van der Waals surface area contributed by atoms with Gasteiger partial charge in [0, 0.05) is 17.5 Å². The first-order valence-electron chi connectivity index (χ1n) is 8.50. The Morgan fingerprint density at radius 1 is 1.00 bits per heavy atom. The minimum atomic E-state index is -3.54. The Labute approximate surface area is 155 Å². The average molecular weight is 370 g/mol. The smallest absolute Gasteiger partial charge is 0.337 e. The zero-order chi connectivity index (χ0) is 18.8. The van der Waals surface area contributed by atoms with Crippen LogP contribution in [0.15, 0.2) is 72.1 Å². The molecule has 2 aromatic carbocycles. The molecular formula is C20H23N2O3P. The first kappa shape index (κ1) is 19.9. The molecule has 136 valence electrons. The molecule has 0 saturated carbocycles. The molecule has 0 fully saturated rings. The summed E-state index contributed by atoms with van der Waals surface area (Å²) in [5.74, 6) is 0. The van der Waals surface area contributed by atoms with Gasteiger partial charge in [-0.15, -0.1) is 0 Å². The van der Waals surface area contributed by atoms with Gasteiger partial charge in [0.1, 0.15) is 0 Å². The normalized spacial score (nSPS) is 11.8. The lowest BCUT2D eigenvalue weighted by atomic mass is 10.2. The molecule has 0 amide bonds. The molecule has 0 aliphatic rings. The molecular weight excluding hydrogens is 347 g/mol. The monoisotopic (exact) mass is 370 g/mol. The topological polar surface area (TPSA) is 62.6 Å². The van der Waals surface area contributed by atoms with Crippen LogP contribution in [0.5, 0.6) is 0 Å². The molecule has 2 aromatic rings. The Bertz CT molecular complexity index is 751. The summed E-state index contributed by atoms with van der Waals surface area (Å²) >= 11 is 0. The lowest BCUT2D eigenvalue weighted by Gasteiger charge is -2.28. The van der Waals surface area contributed by atoms with Crippen molar-refractivity contribution in [1.29, 1.82) is 5.26 Å². The summed E-state index contributed by atoms with van der Waals surface area (Å²) in [6.07, 6.45) is 1.27. The molecule has 26 heavy (non-hydrogen) atoms. The van der Waals surface area contributed by atoms with Crippen molar-refractivity contribution in [2.24, 2.45) is 0 Å². The Balaban J connectivity index is 2.46. The summed E-state index contributed by atoms with van der Waals surface area (Å²) < 4.78 is 24.1. The molecule has 0 spiro atoms. The van der Waals surface area contributed by atoms with Crippen LogP contribution in [0, 0.1) is 11.3 Å². The van der Waals surface area contributed by atoms with Crippen molar-refractivity contribution in [2.75, 3.05) is 24.7 Å². The lowest BCUT2D eigenvalue weighted by Crippen LogP contribution is -2.21. The highest BCUT2D eigenvalue weighted by Gasteiger charge is 2.31. The van der Waals surface area contributed by atoms with Crippen LogP contribution in [0.3, 0.4) is 0 Å². The van der Waals surface area contributed by atoms with Crippen molar-refractivity contribution in [3.8, 4) is 6.07 Å². The Morgan fingerprint density at radius 2 is 1.46 bits per heavy atom. The van der Waals surface area contributed by atoms with E-state index >= 15 is 0 Å². The maximum atomic E-state index is 13.2. The summed E-state index contributed by atoms with van der Waals surface area (Å²) in [5, 5.41) is 9.54. The summed E-state index contributed by atoms with van der Waals surface area (Å²) in [5.41, 5.74) is 1.84. The molecule has 0 bridgehead atoms.